The van der Waals surface area contributed by atoms with Crippen LogP contribution in [0.2, 0.25) is 0 Å². The van der Waals surface area contributed by atoms with Crippen molar-refractivity contribution in [3.63, 3.8) is 0 Å². The fourth-order valence-electron chi connectivity index (χ4n) is 1.70. The fraction of sp³-hybridized carbons (Fsp3) is 0.727. The predicted molar refractivity (Wildman–Crippen MR) is 54.7 cm³/mol. The van der Waals surface area contributed by atoms with E-state index < -0.39 is 0 Å². The summed E-state index contributed by atoms with van der Waals surface area (Å²) < 4.78 is 5.10. The molecule has 0 N–H and O–H groups in total. The van der Waals surface area contributed by atoms with Crippen molar-refractivity contribution in [3.05, 3.63) is 0 Å². The Labute approximate surface area is 85.4 Å². The van der Waals surface area contributed by atoms with Crippen molar-refractivity contribution in [2.45, 2.75) is 39.3 Å². The zero-order valence-electron chi connectivity index (χ0n) is 8.99. The van der Waals surface area contributed by atoms with Crippen LogP contribution in [-0.2, 0) is 4.74 Å². The van der Waals surface area contributed by atoms with Crippen molar-refractivity contribution in [1.29, 1.82) is 0 Å². The van der Waals surface area contributed by atoms with Crippen molar-refractivity contribution in [1.82, 2.24) is 4.90 Å². The third kappa shape index (κ3) is 2.01. The number of amides is 1. The Balaban J connectivity index is 2.48. The molecule has 3 heteroatoms. The highest BCUT2D eigenvalue weighted by molar-refractivity contribution is 5.69. The van der Waals surface area contributed by atoms with Crippen LogP contribution in [0.3, 0.4) is 0 Å². The monoisotopic (exact) mass is 195 g/mol. The molecule has 1 fully saturated rings. The molecule has 14 heavy (non-hydrogen) atoms. The van der Waals surface area contributed by atoms with Gasteiger partial charge in [0.2, 0.25) is 0 Å². The highest BCUT2D eigenvalue weighted by Gasteiger charge is 2.40. The van der Waals surface area contributed by atoms with Crippen LogP contribution < -0.4 is 0 Å². The second-order valence-electron chi connectivity index (χ2n) is 3.83. The maximum atomic E-state index is 11.5. The zero-order valence-corrected chi connectivity index (χ0v) is 8.99. The van der Waals surface area contributed by atoms with Crippen LogP contribution in [-0.4, -0.2) is 29.7 Å². The lowest BCUT2D eigenvalue weighted by Crippen LogP contribution is -2.58. The SMILES string of the molecule is C#C[C@@H]1CN(C(=O)OC(C)C)C1CC. The first-order chi connectivity index (χ1) is 6.60. The lowest BCUT2D eigenvalue weighted by Gasteiger charge is -2.44. The molecule has 1 aliphatic heterocycles. The molecule has 1 saturated heterocycles. The highest BCUT2D eigenvalue weighted by Crippen LogP contribution is 2.27. The van der Waals surface area contributed by atoms with Crippen LogP contribution in [0.25, 0.3) is 0 Å². The molecule has 0 radical (unpaired) electrons. The number of hydrogen-bond acceptors (Lipinski definition) is 2. The first kappa shape index (κ1) is 10.9. The third-order valence-electron chi connectivity index (χ3n) is 2.46. The molecule has 78 valence electrons. The van der Waals surface area contributed by atoms with E-state index in [4.69, 9.17) is 11.2 Å². The van der Waals surface area contributed by atoms with Gasteiger partial charge in [0.05, 0.1) is 18.1 Å². The summed E-state index contributed by atoms with van der Waals surface area (Å²) in [6, 6.07) is 0.172. The average Bonchev–Trinajstić information content (AvgIpc) is 2.02. The summed E-state index contributed by atoms with van der Waals surface area (Å²) in [5.74, 6) is 2.90. The summed E-state index contributed by atoms with van der Waals surface area (Å²) in [6.07, 6.45) is 5.92. The van der Waals surface area contributed by atoms with Gasteiger partial charge < -0.3 is 9.64 Å². The molecule has 0 aromatic carbocycles. The zero-order chi connectivity index (χ0) is 10.7. The average molecular weight is 195 g/mol. The van der Waals surface area contributed by atoms with Gasteiger partial charge in [-0.2, -0.15) is 0 Å². The summed E-state index contributed by atoms with van der Waals surface area (Å²) in [5.41, 5.74) is 0. The number of nitrogens with zero attached hydrogens (tertiary/aromatic N) is 1. The predicted octanol–water partition coefficient (Wildman–Crippen LogP) is 1.88. The summed E-state index contributed by atoms with van der Waals surface area (Å²) in [5, 5.41) is 0. The van der Waals surface area contributed by atoms with Gasteiger partial charge in [-0.15, -0.1) is 6.42 Å². The van der Waals surface area contributed by atoms with E-state index in [-0.39, 0.29) is 24.2 Å². The van der Waals surface area contributed by atoms with Crippen LogP contribution in [0, 0.1) is 18.3 Å². The van der Waals surface area contributed by atoms with Gasteiger partial charge in [0.15, 0.2) is 0 Å². The van der Waals surface area contributed by atoms with Gasteiger partial charge in [0.1, 0.15) is 0 Å². The molecule has 3 nitrogen and oxygen atoms in total. The lowest BCUT2D eigenvalue weighted by molar-refractivity contribution is 0.0110. The minimum absolute atomic E-state index is 0.0649. The van der Waals surface area contributed by atoms with E-state index in [0.29, 0.717) is 6.54 Å². The van der Waals surface area contributed by atoms with Gasteiger partial charge in [-0.3, -0.25) is 0 Å². The van der Waals surface area contributed by atoms with E-state index in [9.17, 15) is 4.79 Å². The van der Waals surface area contributed by atoms with Crippen molar-refractivity contribution in [3.8, 4) is 12.3 Å². The number of carbonyl (C=O) groups is 1. The van der Waals surface area contributed by atoms with Crippen molar-refractivity contribution in [2.75, 3.05) is 6.54 Å². The van der Waals surface area contributed by atoms with Crippen LogP contribution in [0.15, 0.2) is 0 Å². The quantitative estimate of drug-likeness (QED) is 0.629. The highest BCUT2D eigenvalue weighted by atomic mass is 16.6. The van der Waals surface area contributed by atoms with Crippen LogP contribution >= 0.6 is 0 Å². The topological polar surface area (TPSA) is 29.5 Å². The Morgan fingerprint density at radius 2 is 2.36 bits per heavy atom. The summed E-state index contributed by atoms with van der Waals surface area (Å²) in [6.45, 7) is 6.36. The standard InChI is InChI=1S/C11H17NO2/c1-5-9-7-12(10(9)6-2)11(13)14-8(3)4/h1,8-10H,6-7H2,2-4H3/t9-,10?/m1/s1. The second kappa shape index (κ2) is 4.36. The van der Waals surface area contributed by atoms with Gasteiger partial charge >= 0.3 is 6.09 Å². The molecule has 1 unspecified atom stereocenters. The summed E-state index contributed by atoms with van der Waals surface area (Å²) >= 11 is 0. The van der Waals surface area contributed by atoms with Crippen molar-refractivity contribution in [2.24, 2.45) is 5.92 Å². The molecule has 1 rings (SSSR count). The maximum absolute atomic E-state index is 11.5. The van der Waals surface area contributed by atoms with Crippen molar-refractivity contribution < 1.29 is 9.53 Å². The Kier molecular flexibility index (Phi) is 3.40. The van der Waals surface area contributed by atoms with Gasteiger partial charge in [-0.05, 0) is 20.3 Å². The van der Waals surface area contributed by atoms with E-state index in [1.165, 1.54) is 0 Å². The van der Waals surface area contributed by atoms with E-state index >= 15 is 0 Å². The van der Waals surface area contributed by atoms with Gasteiger partial charge in [0.25, 0.3) is 0 Å². The van der Waals surface area contributed by atoms with E-state index in [1.807, 2.05) is 20.8 Å². The summed E-state index contributed by atoms with van der Waals surface area (Å²) in [4.78, 5) is 13.2. The smallest absolute Gasteiger partial charge is 0.410 e. The molecule has 0 saturated carbocycles. The molecule has 1 amide bonds. The minimum Gasteiger partial charge on any atom is -0.447 e. The molecule has 1 heterocycles. The molecular formula is C11H17NO2. The molecule has 0 spiro atoms. The lowest BCUT2D eigenvalue weighted by atomic mass is 9.88. The number of carbonyl (C=O) groups excluding carboxylic acids is 1. The molecule has 0 aromatic heterocycles. The fourth-order valence-corrected chi connectivity index (χ4v) is 1.70. The third-order valence-corrected chi connectivity index (χ3v) is 2.46. The number of likely N-dealkylation sites (tertiary alicyclic amines) is 1. The van der Waals surface area contributed by atoms with Gasteiger partial charge in [-0.25, -0.2) is 4.79 Å². The van der Waals surface area contributed by atoms with Gasteiger partial charge in [0, 0.05) is 6.54 Å². The minimum atomic E-state index is -0.238. The van der Waals surface area contributed by atoms with E-state index in [0.717, 1.165) is 6.42 Å². The van der Waals surface area contributed by atoms with E-state index in [1.54, 1.807) is 4.90 Å². The molecular weight excluding hydrogens is 178 g/mol. The van der Waals surface area contributed by atoms with E-state index in [2.05, 4.69) is 5.92 Å². The molecule has 0 bridgehead atoms. The van der Waals surface area contributed by atoms with Gasteiger partial charge in [-0.1, -0.05) is 12.8 Å². The first-order valence-corrected chi connectivity index (χ1v) is 5.03. The number of hydrogen-bond donors (Lipinski definition) is 0. The maximum Gasteiger partial charge on any atom is 0.410 e. The number of rotatable bonds is 2. The Bertz CT molecular complexity index is 255. The Morgan fingerprint density at radius 1 is 1.71 bits per heavy atom. The summed E-state index contributed by atoms with van der Waals surface area (Å²) in [7, 11) is 0. The van der Waals surface area contributed by atoms with Crippen LogP contribution in [0.4, 0.5) is 4.79 Å². The Hall–Kier alpha value is -1.17. The Morgan fingerprint density at radius 3 is 2.79 bits per heavy atom. The van der Waals surface area contributed by atoms with Crippen molar-refractivity contribution >= 4 is 6.09 Å². The normalized spacial score (nSPS) is 25.5. The number of ether oxygens (including phenoxy) is 1. The largest absolute Gasteiger partial charge is 0.447 e. The second-order valence-corrected chi connectivity index (χ2v) is 3.83. The molecule has 2 atom stereocenters. The van der Waals surface area contributed by atoms with Crippen LogP contribution in [0.5, 0.6) is 0 Å². The molecule has 0 aromatic rings. The molecule has 1 aliphatic rings. The first-order valence-electron chi connectivity index (χ1n) is 5.03. The number of terminal acetylenes is 1. The molecule has 0 aliphatic carbocycles. The van der Waals surface area contributed by atoms with Crippen LogP contribution in [0.1, 0.15) is 27.2 Å².